The molecule has 0 aromatic rings. The van der Waals surface area contributed by atoms with Crippen molar-refractivity contribution in [3.8, 4) is 0 Å². The van der Waals surface area contributed by atoms with Crippen LogP contribution in [0.4, 0.5) is 0 Å². The normalized spacial score (nSPS) is 21.5. The van der Waals surface area contributed by atoms with Crippen LogP contribution in [0.25, 0.3) is 0 Å². The van der Waals surface area contributed by atoms with Gasteiger partial charge in [-0.2, -0.15) is 0 Å². The molecule has 0 fully saturated rings. The third-order valence-electron chi connectivity index (χ3n) is 4.85. The minimum Gasteiger partial charge on any atom is -0.435 e. The summed E-state index contributed by atoms with van der Waals surface area (Å²) in [5.74, 6) is 0.113. The smallest absolute Gasteiger partial charge is 0.351 e. The van der Waals surface area contributed by atoms with E-state index in [1.807, 2.05) is 0 Å². The highest BCUT2D eigenvalue weighted by Gasteiger charge is 2.39. The van der Waals surface area contributed by atoms with Crippen LogP contribution in [-0.2, 0) is 9.53 Å². The van der Waals surface area contributed by atoms with Crippen LogP contribution in [0.3, 0.4) is 0 Å². The van der Waals surface area contributed by atoms with Gasteiger partial charge in [0, 0.05) is 5.41 Å². The maximum absolute atomic E-state index is 11.4. The molecule has 0 aliphatic carbocycles. The van der Waals surface area contributed by atoms with Crippen LogP contribution in [0.1, 0.15) is 79.1 Å². The zero-order chi connectivity index (χ0) is 16.6. The summed E-state index contributed by atoms with van der Waals surface area (Å²) < 4.78 is 5.41. The summed E-state index contributed by atoms with van der Waals surface area (Å²) in [6.45, 7) is 12.8. The summed E-state index contributed by atoms with van der Waals surface area (Å²) in [6.07, 6.45) is 10.7. The molecule has 1 aliphatic heterocycles. The molecule has 0 bridgehead atoms. The molecule has 3 atom stereocenters. The first-order valence-electron chi connectivity index (χ1n) is 8.78. The molecule has 0 saturated heterocycles. The molecule has 1 rings (SSSR count). The van der Waals surface area contributed by atoms with E-state index in [1.165, 1.54) is 50.3 Å². The molecular weight excluding hydrogens is 274 g/mol. The SMILES string of the molecule is C=C(C)C(C)CC(C)(CCCCCCCC)C1N=CC(=O)O1. The number of hydrogen-bond acceptors (Lipinski definition) is 3. The Morgan fingerprint density at radius 2 is 2.00 bits per heavy atom. The van der Waals surface area contributed by atoms with Crippen LogP contribution in [0.5, 0.6) is 0 Å². The number of hydrogen-bond donors (Lipinski definition) is 0. The van der Waals surface area contributed by atoms with Gasteiger partial charge in [-0.1, -0.05) is 71.4 Å². The van der Waals surface area contributed by atoms with Crippen molar-refractivity contribution in [3.63, 3.8) is 0 Å². The Hall–Kier alpha value is -1.12. The van der Waals surface area contributed by atoms with Crippen molar-refractivity contribution in [2.75, 3.05) is 0 Å². The predicted octanol–water partition coefficient (Wildman–Crippen LogP) is 5.30. The van der Waals surface area contributed by atoms with E-state index in [0.29, 0.717) is 5.92 Å². The number of ether oxygens (including phenoxy) is 1. The average Bonchev–Trinajstić information content (AvgIpc) is 2.90. The van der Waals surface area contributed by atoms with Crippen molar-refractivity contribution >= 4 is 12.2 Å². The fraction of sp³-hybridized carbons (Fsp3) is 0.789. The lowest BCUT2D eigenvalue weighted by Gasteiger charge is -2.35. The monoisotopic (exact) mass is 307 g/mol. The van der Waals surface area contributed by atoms with Crippen molar-refractivity contribution in [2.45, 2.75) is 85.3 Å². The Morgan fingerprint density at radius 1 is 1.36 bits per heavy atom. The van der Waals surface area contributed by atoms with Gasteiger partial charge in [0.15, 0.2) is 6.23 Å². The van der Waals surface area contributed by atoms with Crippen LogP contribution in [-0.4, -0.2) is 18.4 Å². The molecule has 3 unspecified atom stereocenters. The largest absolute Gasteiger partial charge is 0.435 e. The van der Waals surface area contributed by atoms with Gasteiger partial charge in [-0.15, -0.1) is 0 Å². The number of nitrogens with zero attached hydrogens (tertiary/aromatic N) is 1. The standard InChI is InChI=1S/C19H33NO2/c1-6-7-8-9-10-11-12-19(5,13-16(4)15(2)3)18-20-14-17(21)22-18/h14,16,18H,2,6-13H2,1,3-5H3. The van der Waals surface area contributed by atoms with E-state index < -0.39 is 0 Å². The third-order valence-corrected chi connectivity index (χ3v) is 4.85. The molecule has 22 heavy (non-hydrogen) atoms. The fourth-order valence-electron chi connectivity index (χ4n) is 3.13. The molecule has 1 heterocycles. The zero-order valence-corrected chi connectivity index (χ0v) is 14.9. The van der Waals surface area contributed by atoms with E-state index in [1.54, 1.807) is 0 Å². The van der Waals surface area contributed by atoms with Gasteiger partial charge in [-0.25, -0.2) is 9.79 Å². The van der Waals surface area contributed by atoms with Gasteiger partial charge < -0.3 is 4.74 Å². The average molecular weight is 307 g/mol. The van der Waals surface area contributed by atoms with Crippen molar-refractivity contribution < 1.29 is 9.53 Å². The van der Waals surface area contributed by atoms with E-state index >= 15 is 0 Å². The molecule has 0 saturated carbocycles. The first-order chi connectivity index (χ1) is 10.4. The Morgan fingerprint density at radius 3 is 2.55 bits per heavy atom. The van der Waals surface area contributed by atoms with Gasteiger partial charge in [0.2, 0.25) is 0 Å². The van der Waals surface area contributed by atoms with E-state index in [-0.39, 0.29) is 17.6 Å². The number of carbonyl (C=O) groups is 1. The molecular formula is C19H33NO2. The minimum atomic E-state index is -0.322. The van der Waals surface area contributed by atoms with Crippen molar-refractivity contribution in [1.82, 2.24) is 0 Å². The Labute approximate surface area is 136 Å². The summed E-state index contributed by atoms with van der Waals surface area (Å²) in [5, 5.41) is 0. The number of cyclic esters (lactones) is 1. The van der Waals surface area contributed by atoms with Crippen LogP contribution in [0, 0.1) is 11.3 Å². The number of rotatable bonds is 11. The van der Waals surface area contributed by atoms with E-state index in [0.717, 1.165) is 12.8 Å². The molecule has 126 valence electrons. The van der Waals surface area contributed by atoms with Crippen LogP contribution >= 0.6 is 0 Å². The molecule has 3 nitrogen and oxygen atoms in total. The zero-order valence-electron chi connectivity index (χ0n) is 14.9. The first-order valence-corrected chi connectivity index (χ1v) is 8.78. The van der Waals surface area contributed by atoms with Gasteiger partial charge in [0.25, 0.3) is 0 Å². The van der Waals surface area contributed by atoms with Crippen molar-refractivity contribution in [1.29, 1.82) is 0 Å². The molecule has 0 radical (unpaired) electrons. The number of aliphatic imine (C=N–C) groups is 1. The molecule has 0 aromatic carbocycles. The lowest BCUT2D eigenvalue weighted by molar-refractivity contribution is -0.143. The quantitative estimate of drug-likeness (QED) is 0.295. The first kappa shape index (κ1) is 18.9. The van der Waals surface area contributed by atoms with Crippen LogP contribution < -0.4 is 0 Å². The fourth-order valence-corrected chi connectivity index (χ4v) is 3.13. The van der Waals surface area contributed by atoms with E-state index in [2.05, 4.69) is 39.3 Å². The second-order valence-electron chi connectivity index (χ2n) is 7.19. The van der Waals surface area contributed by atoms with Gasteiger partial charge in [0.05, 0.1) is 0 Å². The van der Waals surface area contributed by atoms with Crippen LogP contribution in [0.2, 0.25) is 0 Å². The van der Waals surface area contributed by atoms with Crippen LogP contribution in [0.15, 0.2) is 17.1 Å². The van der Waals surface area contributed by atoms with Gasteiger partial charge in [-0.3, -0.25) is 0 Å². The number of allylic oxidation sites excluding steroid dienone is 1. The molecule has 0 aromatic heterocycles. The lowest BCUT2D eigenvalue weighted by atomic mass is 9.74. The molecule has 3 heteroatoms. The lowest BCUT2D eigenvalue weighted by Crippen LogP contribution is -2.34. The summed E-state index contributed by atoms with van der Waals surface area (Å²) in [7, 11) is 0. The summed E-state index contributed by atoms with van der Waals surface area (Å²) in [6, 6.07) is 0. The number of unbranched alkanes of at least 4 members (excludes halogenated alkanes) is 5. The van der Waals surface area contributed by atoms with Gasteiger partial charge >= 0.3 is 5.97 Å². The topological polar surface area (TPSA) is 38.7 Å². The van der Waals surface area contributed by atoms with E-state index in [9.17, 15) is 4.79 Å². The molecule has 0 spiro atoms. The Balaban J connectivity index is 2.56. The predicted molar refractivity (Wildman–Crippen MR) is 93.1 cm³/mol. The highest BCUT2D eigenvalue weighted by Crippen LogP contribution is 2.40. The second kappa shape index (κ2) is 9.12. The molecule has 1 aliphatic rings. The maximum Gasteiger partial charge on any atom is 0.351 e. The second-order valence-corrected chi connectivity index (χ2v) is 7.19. The van der Waals surface area contributed by atoms with Crippen molar-refractivity contribution in [2.24, 2.45) is 16.3 Å². The summed E-state index contributed by atoms with van der Waals surface area (Å²) in [5.41, 5.74) is 1.09. The summed E-state index contributed by atoms with van der Waals surface area (Å²) >= 11 is 0. The molecule has 0 amide bonds. The number of carbonyl (C=O) groups excluding carboxylic acids is 1. The Kier molecular flexibility index (Phi) is 7.84. The van der Waals surface area contributed by atoms with Gasteiger partial charge in [0.1, 0.15) is 6.21 Å². The highest BCUT2D eigenvalue weighted by atomic mass is 16.6. The summed E-state index contributed by atoms with van der Waals surface area (Å²) in [4.78, 5) is 15.7. The molecule has 0 N–H and O–H groups in total. The maximum atomic E-state index is 11.4. The minimum absolute atomic E-state index is 0.0915. The highest BCUT2D eigenvalue weighted by molar-refractivity contribution is 6.24. The third kappa shape index (κ3) is 5.94. The van der Waals surface area contributed by atoms with E-state index in [4.69, 9.17) is 4.74 Å². The van der Waals surface area contributed by atoms with Gasteiger partial charge in [-0.05, 0) is 25.7 Å². The van der Waals surface area contributed by atoms with Crippen molar-refractivity contribution in [3.05, 3.63) is 12.2 Å². The Bertz CT molecular complexity index is 402. The number of esters is 1.